The Bertz CT molecular complexity index is 82.5. The third-order valence-corrected chi connectivity index (χ3v) is 2.95. The molecule has 0 saturated carbocycles. The highest BCUT2D eigenvalue weighted by Crippen LogP contribution is 2.29. The summed E-state index contributed by atoms with van der Waals surface area (Å²) >= 11 is 1.85. The first-order chi connectivity index (χ1) is 3.77. The van der Waals surface area contributed by atoms with Crippen molar-refractivity contribution in [3.63, 3.8) is 0 Å². The predicted molar refractivity (Wildman–Crippen MR) is 35.9 cm³/mol. The maximum Gasteiger partial charge on any atom is 0.0449 e. The lowest BCUT2D eigenvalue weighted by Gasteiger charge is -2.36. The highest BCUT2D eigenvalue weighted by atomic mass is 32.2. The van der Waals surface area contributed by atoms with Crippen LogP contribution in [0, 0.1) is 0 Å². The fraction of sp³-hybridized carbons (Fsp3) is 1.00. The van der Waals surface area contributed by atoms with Gasteiger partial charge in [-0.1, -0.05) is 0 Å². The van der Waals surface area contributed by atoms with Crippen molar-refractivity contribution in [1.29, 1.82) is 0 Å². The van der Waals surface area contributed by atoms with Crippen LogP contribution in [-0.2, 0) is 0 Å². The number of thioether (sulfide) groups is 1. The standard InChI is InChI=1S/C5H11NOS/c6-5(1-2-7)3-8-4-5/h7H,1-4,6H2. The topological polar surface area (TPSA) is 46.2 Å². The second-order valence-electron chi connectivity index (χ2n) is 2.33. The average Bonchev–Trinajstić information content (AvgIpc) is 1.64. The second-order valence-corrected chi connectivity index (χ2v) is 3.31. The largest absolute Gasteiger partial charge is 0.396 e. The van der Waals surface area contributed by atoms with E-state index in [9.17, 15) is 0 Å². The third-order valence-electron chi connectivity index (χ3n) is 1.39. The van der Waals surface area contributed by atoms with Crippen molar-refractivity contribution >= 4 is 11.8 Å². The number of hydrogen-bond acceptors (Lipinski definition) is 3. The molecule has 0 radical (unpaired) electrons. The number of hydrogen-bond donors (Lipinski definition) is 2. The van der Waals surface area contributed by atoms with Gasteiger partial charge >= 0.3 is 0 Å². The summed E-state index contributed by atoms with van der Waals surface area (Å²) in [7, 11) is 0. The van der Waals surface area contributed by atoms with Gasteiger partial charge in [0.05, 0.1) is 0 Å². The van der Waals surface area contributed by atoms with E-state index in [1.807, 2.05) is 11.8 Å². The minimum atomic E-state index is -0.0145. The molecule has 0 aromatic carbocycles. The molecule has 1 fully saturated rings. The molecule has 1 aliphatic rings. The second kappa shape index (κ2) is 2.25. The molecule has 0 aliphatic carbocycles. The summed E-state index contributed by atoms with van der Waals surface area (Å²) < 4.78 is 0. The molecular weight excluding hydrogens is 122 g/mol. The van der Waals surface area contributed by atoms with Crippen molar-refractivity contribution in [3.05, 3.63) is 0 Å². The van der Waals surface area contributed by atoms with E-state index in [1.54, 1.807) is 0 Å². The number of rotatable bonds is 2. The van der Waals surface area contributed by atoms with Gasteiger partial charge in [-0.25, -0.2) is 0 Å². The summed E-state index contributed by atoms with van der Waals surface area (Å²) in [5.41, 5.74) is 5.72. The summed E-state index contributed by atoms with van der Waals surface area (Å²) in [4.78, 5) is 0. The van der Waals surface area contributed by atoms with E-state index in [0.29, 0.717) is 0 Å². The van der Waals surface area contributed by atoms with Gasteiger partial charge in [-0.2, -0.15) is 11.8 Å². The Morgan fingerprint density at radius 3 is 2.38 bits per heavy atom. The van der Waals surface area contributed by atoms with Crippen molar-refractivity contribution in [1.82, 2.24) is 0 Å². The molecule has 0 atom stereocenters. The first kappa shape index (κ1) is 6.39. The number of aliphatic hydroxyl groups is 1. The van der Waals surface area contributed by atoms with Gasteiger partial charge in [0.1, 0.15) is 0 Å². The van der Waals surface area contributed by atoms with Crippen molar-refractivity contribution in [2.45, 2.75) is 12.0 Å². The van der Waals surface area contributed by atoms with E-state index in [-0.39, 0.29) is 12.1 Å². The molecule has 48 valence electrons. The van der Waals surface area contributed by atoms with Crippen molar-refractivity contribution in [2.24, 2.45) is 5.73 Å². The summed E-state index contributed by atoms with van der Waals surface area (Å²) in [5.74, 6) is 2.04. The van der Waals surface area contributed by atoms with Crippen LogP contribution in [0.25, 0.3) is 0 Å². The fourth-order valence-electron chi connectivity index (χ4n) is 0.731. The van der Waals surface area contributed by atoms with Gasteiger partial charge in [0.25, 0.3) is 0 Å². The summed E-state index contributed by atoms with van der Waals surface area (Å²) in [6, 6.07) is 0. The average molecular weight is 133 g/mol. The van der Waals surface area contributed by atoms with E-state index in [2.05, 4.69) is 0 Å². The molecule has 0 spiro atoms. The molecule has 1 heterocycles. The highest BCUT2D eigenvalue weighted by Gasteiger charge is 2.32. The maximum atomic E-state index is 8.48. The molecule has 1 saturated heterocycles. The van der Waals surface area contributed by atoms with Crippen molar-refractivity contribution in [3.8, 4) is 0 Å². The van der Waals surface area contributed by atoms with Crippen LogP contribution in [0.1, 0.15) is 6.42 Å². The van der Waals surface area contributed by atoms with Crippen LogP contribution < -0.4 is 5.73 Å². The molecule has 0 aromatic heterocycles. The van der Waals surface area contributed by atoms with E-state index in [4.69, 9.17) is 10.8 Å². The predicted octanol–water partition coefficient (Wildman–Crippen LogP) is -0.187. The lowest BCUT2D eigenvalue weighted by molar-refractivity contribution is 0.253. The minimum absolute atomic E-state index is 0.0145. The lowest BCUT2D eigenvalue weighted by Crippen LogP contribution is -2.52. The molecule has 0 unspecified atom stereocenters. The van der Waals surface area contributed by atoms with Gasteiger partial charge in [-0.15, -0.1) is 0 Å². The van der Waals surface area contributed by atoms with Gasteiger partial charge < -0.3 is 10.8 Å². The smallest absolute Gasteiger partial charge is 0.0449 e. The Morgan fingerprint density at radius 1 is 1.62 bits per heavy atom. The first-order valence-corrected chi connectivity index (χ1v) is 3.90. The summed E-state index contributed by atoms with van der Waals surface area (Å²) in [5, 5.41) is 8.48. The lowest BCUT2D eigenvalue weighted by atomic mass is 10.0. The molecule has 2 nitrogen and oxygen atoms in total. The Balaban J connectivity index is 2.20. The van der Waals surface area contributed by atoms with Crippen LogP contribution in [0.4, 0.5) is 0 Å². The van der Waals surface area contributed by atoms with E-state index < -0.39 is 0 Å². The SMILES string of the molecule is NC1(CCO)CSC1. The minimum Gasteiger partial charge on any atom is -0.396 e. The van der Waals surface area contributed by atoms with E-state index >= 15 is 0 Å². The molecule has 0 aromatic rings. The van der Waals surface area contributed by atoms with E-state index in [1.165, 1.54) is 0 Å². The summed E-state index contributed by atoms with van der Waals surface area (Å²) in [6.45, 7) is 0.233. The Kier molecular flexibility index (Phi) is 1.80. The zero-order valence-corrected chi connectivity index (χ0v) is 5.58. The quantitative estimate of drug-likeness (QED) is 0.549. The zero-order valence-electron chi connectivity index (χ0n) is 4.76. The first-order valence-electron chi connectivity index (χ1n) is 2.74. The van der Waals surface area contributed by atoms with Crippen LogP contribution in [-0.4, -0.2) is 28.8 Å². The van der Waals surface area contributed by atoms with Gasteiger partial charge in [0.15, 0.2) is 0 Å². The van der Waals surface area contributed by atoms with Crippen LogP contribution in [0.5, 0.6) is 0 Å². The fourth-order valence-corrected chi connectivity index (χ4v) is 1.75. The normalized spacial score (nSPS) is 24.8. The highest BCUT2D eigenvalue weighted by molar-refractivity contribution is 8.00. The molecule has 8 heavy (non-hydrogen) atoms. The molecule has 1 aliphatic heterocycles. The maximum absolute atomic E-state index is 8.48. The van der Waals surface area contributed by atoms with Crippen molar-refractivity contribution < 1.29 is 5.11 Å². The van der Waals surface area contributed by atoms with Crippen LogP contribution in [0.2, 0.25) is 0 Å². The third kappa shape index (κ3) is 1.16. The number of nitrogens with two attached hydrogens (primary N) is 1. The molecule has 3 heteroatoms. The summed E-state index contributed by atoms with van der Waals surface area (Å²) in [6.07, 6.45) is 0.764. The Labute approximate surface area is 53.5 Å². The number of aliphatic hydroxyl groups excluding tert-OH is 1. The van der Waals surface area contributed by atoms with Gasteiger partial charge in [0.2, 0.25) is 0 Å². The molecule has 3 N–H and O–H groups in total. The van der Waals surface area contributed by atoms with Crippen LogP contribution in [0.15, 0.2) is 0 Å². The zero-order chi connectivity index (χ0) is 6.04. The van der Waals surface area contributed by atoms with Crippen LogP contribution >= 0.6 is 11.8 Å². The van der Waals surface area contributed by atoms with Crippen LogP contribution in [0.3, 0.4) is 0 Å². The molecule has 0 bridgehead atoms. The monoisotopic (exact) mass is 133 g/mol. The van der Waals surface area contributed by atoms with Gasteiger partial charge in [-0.3, -0.25) is 0 Å². The Morgan fingerprint density at radius 2 is 2.25 bits per heavy atom. The van der Waals surface area contributed by atoms with Crippen molar-refractivity contribution in [2.75, 3.05) is 18.1 Å². The van der Waals surface area contributed by atoms with E-state index in [0.717, 1.165) is 17.9 Å². The van der Waals surface area contributed by atoms with Gasteiger partial charge in [0, 0.05) is 23.7 Å². The van der Waals surface area contributed by atoms with Gasteiger partial charge in [-0.05, 0) is 6.42 Å². The Hall–Kier alpha value is 0.270. The molecular formula is C5H11NOS. The molecule has 0 amide bonds. The molecule has 1 rings (SSSR count).